The molecule has 2 aromatic rings. The summed E-state index contributed by atoms with van der Waals surface area (Å²) in [5, 5.41) is 23.0. The monoisotopic (exact) mass is 361 g/mol. The molecule has 0 fully saturated rings. The number of amides is 1. The van der Waals surface area contributed by atoms with Crippen LogP contribution in [0.4, 0.5) is 11.4 Å². The molecule has 0 heterocycles. The summed E-state index contributed by atoms with van der Waals surface area (Å²) in [5.74, 6) is -0.727. The number of benzene rings is 2. The molecular formula is C16H9Cl2N3O3. The van der Waals surface area contributed by atoms with Gasteiger partial charge < -0.3 is 5.32 Å². The van der Waals surface area contributed by atoms with E-state index in [0.717, 1.165) is 6.07 Å². The maximum Gasteiger partial charge on any atom is 0.271 e. The minimum Gasteiger partial charge on any atom is -0.320 e. The predicted molar refractivity (Wildman–Crippen MR) is 91.8 cm³/mol. The number of nitrogens with zero attached hydrogens (tertiary/aromatic N) is 2. The molecule has 0 radical (unpaired) electrons. The second kappa shape index (κ2) is 7.59. The number of carbonyl (C=O) groups excluding carboxylic acids is 1. The van der Waals surface area contributed by atoms with Crippen LogP contribution in [0.5, 0.6) is 0 Å². The molecule has 0 bridgehead atoms. The number of hydrogen-bond acceptors (Lipinski definition) is 4. The zero-order valence-corrected chi connectivity index (χ0v) is 13.5. The number of nitro benzene ring substituents is 1. The fourth-order valence-corrected chi connectivity index (χ4v) is 2.08. The minimum atomic E-state index is -0.727. The van der Waals surface area contributed by atoms with Gasteiger partial charge in [0.25, 0.3) is 11.6 Å². The van der Waals surface area contributed by atoms with E-state index in [2.05, 4.69) is 5.32 Å². The van der Waals surface area contributed by atoms with Crippen molar-refractivity contribution in [1.29, 1.82) is 5.26 Å². The van der Waals surface area contributed by atoms with Gasteiger partial charge in [0, 0.05) is 17.2 Å². The van der Waals surface area contributed by atoms with Crippen LogP contribution < -0.4 is 5.32 Å². The Morgan fingerprint density at radius 1 is 1.21 bits per heavy atom. The second-order valence-electron chi connectivity index (χ2n) is 4.60. The van der Waals surface area contributed by atoms with Gasteiger partial charge in [0.2, 0.25) is 0 Å². The van der Waals surface area contributed by atoms with Gasteiger partial charge in [-0.25, -0.2) is 0 Å². The van der Waals surface area contributed by atoms with Gasteiger partial charge in [-0.05, 0) is 29.8 Å². The standard InChI is InChI=1S/C16H9Cl2N3O3/c17-12-3-1-10(2-4-12)7-11(9-19)16(22)20-15-8-13(21(23)24)5-6-14(15)18/h1-8H,(H,20,22). The lowest BCUT2D eigenvalue weighted by molar-refractivity contribution is -0.384. The largest absolute Gasteiger partial charge is 0.320 e. The molecule has 1 N–H and O–H groups in total. The molecule has 0 saturated heterocycles. The molecule has 0 saturated carbocycles. The topological polar surface area (TPSA) is 96.0 Å². The average molecular weight is 362 g/mol. The van der Waals surface area contributed by atoms with Gasteiger partial charge in [-0.1, -0.05) is 35.3 Å². The Morgan fingerprint density at radius 3 is 2.46 bits per heavy atom. The summed E-state index contributed by atoms with van der Waals surface area (Å²) in [5.41, 5.74) is 0.249. The molecule has 2 aromatic carbocycles. The highest BCUT2D eigenvalue weighted by molar-refractivity contribution is 6.34. The summed E-state index contributed by atoms with van der Waals surface area (Å²) < 4.78 is 0. The number of carbonyl (C=O) groups is 1. The van der Waals surface area contributed by atoms with Gasteiger partial charge in [0.1, 0.15) is 11.6 Å². The molecule has 0 atom stereocenters. The lowest BCUT2D eigenvalue weighted by Crippen LogP contribution is -2.14. The molecule has 120 valence electrons. The van der Waals surface area contributed by atoms with Gasteiger partial charge in [-0.15, -0.1) is 0 Å². The van der Waals surface area contributed by atoms with Crippen LogP contribution in [0.25, 0.3) is 6.08 Å². The average Bonchev–Trinajstić information content (AvgIpc) is 2.56. The molecule has 24 heavy (non-hydrogen) atoms. The highest BCUT2D eigenvalue weighted by Crippen LogP contribution is 2.27. The summed E-state index contributed by atoms with van der Waals surface area (Å²) in [7, 11) is 0. The van der Waals surface area contributed by atoms with Crippen molar-refractivity contribution in [1.82, 2.24) is 0 Å². The van der Waals surface area contributed by atoms with Crippen molar-refractivity contribution in [3.05, 3.63) is 73.8 Å². The Labute approximate surface area is 147 Å². The molecule has 8 heteroatoms. The van der Waals surface area contributed by atoms with E-state index in [1.807, 2.05) is 0 Å². The van der Waals surface area contributed by atoms with Gasteiger partial charge >= 0.3 is 0 Å². The first-order valence-corrected chi connectivity index (χ1v) is 7.29. The molecule has 0 spiro atoms. The third kappa shape index (κ3) is 4.32. The van der Waals surface area contributed by atoms with Crippen LogP contribution in [-0.4, -0.2) is 10.8 Å². The number of hydrogen-bond donors (Lipinski definition) is 1. The van der Waals surface area contributed by atoms with Crippen molar-refractivity contribution in [2.24, 2.45) is 0 Å². The summed E-state index contributed by atoms with van der Waals surface area (Å²) in [6.45, 7) is 0. The molecule has 0 unspecified atom stereocenters. The zero-order chi connectivity index (χ0) is 17.7. The smallest absolute Gasteiger partial charge is 0.271 e. The molecule has 1 amide bonds. The summed E-state index contributed by atoms with van der Waals surface area (Å²) in [6.07, 6.45) is 1.37. The molecule has 0 aliphatic heterocycles. The second-order valence-corrected chi connectivity index (χ2v) is 5.44. The van der Waals surface area contributed by atoms with E-state index in [0.29, 0.717) is 10.6 Å². The predicted octanol–water partition coefficient (Wildman–Crippen LogP) is 4.45. The van der Waals surface area contributed by atoms with E-state index in [1.165, 1.54) is 18.2 Å². The number of halogens is 2. The molecule has 0 aliphatic carbocycles. The van der Waals surface area contributed by atoms with Crippen LogP contribution in [0.3, 0.4) is 0 Å². The number of rotatable bonds is 4. The Morgan fingerprint density at radius 2 is 1.88 bits per heavy atom. The van der Waals surface area contributed by atoms with E-state index >= 15 is 0 Å². The van der Waals surface area contributed by atoms with E-state index in [1.54, 1.807) is 30.3 Å². The normalized spacial score (nSPS) is 10.8. The Hall–Kier alpha value is -2.88. The van der Waals surface area contributed by atoms with Crippen molar-refractivity contribution in [3.8, 4) is 6.07 Å². The van der Waals surface area contributed by atoms with Gasteiger partial charge in [-0.2, -0.15) is 5.26 Å². The van der Waals surface area contributed by atoms with Crippen molar-refractivity contribution >= 4 is 46.6 Å². The van der Waals surface area contributed by atoms with Crippen LogP contribution in [0.15, 0.2) is 48.0 Å². The maximum atomic E-state index is 12.2. The van der Waals surface area contributed by atoms with Crippen LogP contribution in [-0.2, 0) is 4.79 Å². The first-order chi connectivity index (χ1) is 11.4. The third-order valence-electron chi connectivity index (χ3n) is 2.96. The van der Waals surface area contributed by atoms with Crippen LogP contribution in [0, 0.1) is 21.4 Å². The Kier molecular flexibility index (Phi) is 5.53. The minimum absolute atomic E-state index is 0.0492. The fraction of sp³-hybridized carbons (Fsp3) is 0. The van der Waals surface area contributed by atoms with Crippen molar-refractivity contribution < 1.29 is 9.72 Å². The maximum absolute atomic E-state index is 12.2. The molecule has 0 aliphatic rings. The zero-order valence-electron chi connectivity index (χ0n) is 12.0. The Bertz CT molecular complexity index is 871. The van der Waals surface area contributed by atoms with Crippen molar-refractivity contribution in [2.75, 3.05) is 5.32 Å². The number of nitriles is 1. The quantitative estimate of drug-likeness (QED) is 0.376. The van der Waals surface area contributed by atoms with Crippen molar-refractivity contribution in [3.63, 3.8) is 0 Å². The highest BCUT2D eigenvalue weighted by Gasteiger charge is 2.15. The highest BCUT2D eigenvalue weighted by atomic mass is 35.5. The van der Waals surface area contributed by atoms with Crippen LogP contribution in [0.2, 0.25) is 10.0 Å². The number of nitrogens with one attached hydrogen (secondary N) is 1. The van der Waals surface area contributed by atoms with Gasteiger partial charge in [0.15, 0.2) is 0 Å². The lowest BCUT2D eigenvalue weighted by Gasteiger charge is -2.06. The third-order valence-corrected chi connectivity index (χ3v) is 3.54. The van der Waals surface area contributed by atoms with E-state index < -0.39 is 10.8 Å². The molecule has 0 aromatic heterocycles. The van der Waals surface area contributed by atoms with E-state index in [4.69, 9.17) is 28.5 Å². The first kappa shape index (κ1) is 17.5. The van der Waals surface area contributed by atoms with E-state index in [-0.39, 0.29) is 22.0 Å². The van der Waals surface area contributed by atoms with Crippen molar-refractivity contribution in [2.45, 2.75) is 0 Å². The van der Waals surface area contributed by atoms with E-state index in [9.17, 15) is 14.9 Å². The van der Waals surface area contributed by atoms with Gasteiger partial charge in [-0.3, -0.25) is 14.9 Å². The fourth-order valence-electron chi connectivity index (χ4n) is 1.79. The first-order valence-electron chi connectivity index (χ1n) is 6.53. The Balaban J connectivity index is 2.27. The molecule has 6 nitrogen and oxygen atoms in total. The SMILES string of the molecule is N#CC(=Cc1ccc(Cl)cc1)C(=O)Nc1cc([N+](=O)[O-])ccc1Cl. The number of anilines is 1. The van der Waals surface area contributed by atoms with Crippen LogP contribution >= 0.6 is 23.2 Å². The molecule has 2 rings (SSSR count). The summed E-state index contributed by atoms with van der Waals surface area (Å²) in [6, 6.07) is 12.0. The summed E-state index contributed by atoms with van der Waals surface area (Å²) >= 11 is 11.7. The van der Waals surface area contributed by atoms with Crippen LogP contribution in [0.1, 0.15) is 5.56 Å². The molecular weight excluding hydrogens is 353 g/mol. The lowest BCUT2D eigenvalue weighted by atomic mass is 10.1. The van der Waals surface area contributed by atoms with Gasteiger partial charge in [0.05, 0.1) is 15.6 Å². The summed E-state index contributed by atoms with van der Waals surface area (Å²) in [4.78, 5) is 22.4. The number of nitro groups is 1. The number of non-ortho nitro benzene ring substituents is 1.